The van der Waals surface area contributed by atoms with Gasteiger partial charge in [-0.1, -0.05) is 77.8 Å². The number of carbonyl (C=O) groups is 2. The molecule has 6 nitrogen and oxygen atoms in total. The summed E-state index contributed by atoms with van der Waals surface area (Å²) in [5.74, 6) is 5.02. The molecular weight excluding hydrogens is 685 g/mol. The van der Waals surface area contributed by atoms with Gasteiger partial charge in [0.1, 0.15) is 11.5 Å². The fourth-order valence-corrected chi connectivity index (χ4v) is 12.9. The normalized spacial score (nSPS) is 34.1. The van der Waals surface area contributed by atoms with Crippen molar-refractivity contribution in [3.63, 3.8) is 0 Å². The van der Waals surface area contributed by atoms with Crippen LogP contribution < -0.4 is 9.47 Å². The van der Waals surface area contributed by atoms with Gasteiger partial charge in [-0.05, 0) is 176 Å². The Morgan fingerprint density at radius 2 is 1.11 bits per heavy atom. The Hall–Kier alpha value is -2.70. The lowest BCUT2D eigenvalue weighted by Crippen LogP contribution is -2.43. The highest BCUT2D eigenvalue weighted by Crippen LogP contribution is 2.62. The average Bonchev–Trinajstić information content (AvgIpc) is 3.65. The molecule has 10 atom stereocenters. The highest BCUT2D eigenvalue weighted by molar-refractivity contribution is 5.72. The first-order valence-corrected chi connectivity index (χ1v) is 22.5. The predicted octanol–water partition coefficient (Wildman–Crippen LogP) is 11.2. The quantitative estimate of drug-likeness (QED) is 0.135. The minimum Gasteiger partial charge on any atom is -0.427 e. The maximum Gasteiger partial charge on any atom is 0.311 e. The molecule has 0 amide bonds. The van der Waals surface area contributed by atoms with Crippen molar-refractivity contribution >= 4 is 11.9 Å². The van der Waals surface area contributed by atoms with E-state index in [2.05, 4.69) is 45.0 Å². The molecule has 6 heteroatoms. The van der Waals surface area contributed by atoms with Gasteiger partial charge in [-0.15, -0.1) is 0 Å². The maximum absolute atomic E-state index is 12.3. The number of aryl methyl sites for hydroxylation is 2. The lowest BCUT2D eigenvalue weighted by Gasteiger charge is -2.50. The number of benzene rings is 2. The number of aliphatic hydroxyl groups is 2. The Bertz CT molecular complexity index is 1650. The van der Waals surface area contributed by atoms with E-state index in [1.165, 1.54) is 106 Å². The van der Waals surface area contributed by atoms with Crippen molar-refractivity contribution in [1.82, 2.24) is 0 Å². The smallest absolute Gasteiger partial charge is 0.311 e. The number of esters is 2. The van der Waals surface area contributed by atoms with E-state index >= 15 is 0 Å². The zero-order valence-corrected chi connectivity index (χ0v) is 34.5. The topological polar surface area (TPSA) is 93.1 Å². The van der Waals surface area contributed by atoms with Gasteiger partial charge >= 0.3 is 11.9 Å². The van der Waals surface area contributed by atoms with Crippen molar-refractivity contribution in [3.8, 4) is 11.5 Å². The van der Waals surface area contributed by atoms with Crippen LogP contribution in [-0.2, 0) is 22.4 Å². The lowest BCUT2D eigenvalue weighted by atomic mass is 9.55. The first kappa shape index (κ1) is 40.5. The fourth-order valence-electron chi connectivity index (χ4n) is 12.9. The average molecular weight is 755 g/mol. The highest BCUT2D eigenvalue weighted by Gasteiger charge is 2.55. The summed E-state index contributed by atoms with van der Waals surface area (Å²) in [6.07, 6.45) is 23.7. The Balaban J connectivity index is 0.000000178. The van der Waals surface area contributed by atoms with Crippen LogP contribution in [0.1, 0.15) is 184 Å². The monoisotopic (exact) mass is 755 g/mol. The van der Waals surface area contributed by atoms with Crippen LogP contribution in [0.15, 0.2) is 36.4 Å². The third-order valence-electron chi connectivity index (χ3n) is 16.0. The van der Waals surface area contributed by atoms with Crippen LogP contribution in [0.4, 0.5) is 0 Å². The fraction of sp³-hybridized carbons (Fsp3) is 0.714. The van der Waals surface area contributed by atoms with Crippen LogP contribution in [0.25, 0.3) is 0 Å². The lowest BCUT2D eigenvalue weighted by molar-refractivity contribution is -0.134. The van der Waals surface area contributed by atoms with Crippen LogP contribution in [0.2, 0.25) is 0 Å². The van der Waals surface area contributed by atoms with E-state index in [1.54, 1.807) is 0 Å². The van der Waals surface area contributed by atoms with Gasteiger partial charge in [0, 0.05) is 13.3 Å². The molecule has 0 bridgehead atoms. The molecule has 0 spiro atoms. The van der Waals surface area contributed by atoms with Crippen LogP contribution >= 0.6 is 0 Å². The van der Waals surface area contributed by atoms with Gasteiger partial charge in [-0.25, -0.2) is 0 Å². The van der Waals surface area contributed by atoms with E-state index in [0.717, 1.165) is 57.1 Å². The van der Waals surface area contributed by atoms with Crippen LogP contribution in [0, 0.1) is 34.5 Å². The molecule has 55 heavy (non-hydrogen) atoms. The Labute approximate surface area is 331 Å². The SMILES string of the molecule is CC(=O)Oc1ccc2c(c1)CCC1C2CC[C@@]2(C)C1CC[C@@H]2O.CCCCCCCCCCC(=O)Oc1ccc2c(c1)CC[C@@H]1[C@@H]2CC[C@]2(C)[C@@H](O)CC[C@@H]12. The molecule has 8 rings (SSSR count). The zero-order valence-electron chi connectivity index (χ0n) is 34.5. The summed E-state index contributed by atoms with van der Waals surface area (Å²) in [6, 6.07) is 12.6. The van der Waals surface area contributed by atoms with Crippen LogP contribution in [0.5, 0.6) is 11.5 Å². The van der Waals surface area contributed by atoms with E-state index in [4.69, 9.17) is 9.47 Å². The number of carbonyl (C=O) groups excluding carboxylic acids is 2. The van der Waals surface area contributed by atoms with Gasteiger partial charge in [0.25, 0.3) is 0 Å². The van der Waals surface area contributed by atoms with Crippen molar-refractivity contribution in [2.24, 2.45) is 34.5 Å². The van der Waals surface area contributed by atoms with Crippen molar-refractivity contribution in [1.29, 1.82) is 0 Å². The number of fused-ring (bicyclic) bond motifs is 10. The molecule has 2 aromatic carbocycles. The zero-order chi connectivity index (χ0) is 38.7. The van der Waals surface area contributed by atoms with Gasteiger partial charge < -0.3 is 19.7 Å². The van der Waals surface area contributed by atoms with Gasteiger partial charge in [0.15, 0.2) is 0 Å². The molecule has 4 saturated carbocycles. The van der Waals surface area contributed by atoms with Crippen molar-refractivity contribution in [2.75, 3.05) is 0 Å². The molecule has 0 aromatic heterocycles. The van der Waals surface area contributed by atoms with Gasteiger partial charge in [0.2, 0.25) is 0 Å². The molecule has 4 fully saturated rings. The Morgan fingerprint density at radius 3 is 1.60 bits per heavy atom. The van der Waals surface area contributed by atoms with E-state index in [9.17, 15) is 19.8 Å². The number of aliphatic hydroxyl groups excluding tert-OH is 2. The maximum atomic E-state index is 12.3. The summed E-state index contributed by atoms with van der Waals surface area (Å²) in [7, 11) is 0. The second kappa shape index (κ2) is 17.4. The molecule has 2 N–H and O–H groups in total. The molecule has 0 aliphatic heterocycles. The second-order valence-corrected chi connectivity index (χ2v) is 19.1. The number of hydrogen-bond donors (Lipinski definition) is 2. The highest BCUT2D eigenvalue weighted by atomic mass is 16.5. The van der Waals surface area contributed by atoms with E-state index in [1.807, 2.05) is 12.1 Å². The summed E-state index contributed by atoms with van der Waals surface area (Å²) in [6.45, 7) is 8.33. The number of hydrogen-bond acceptors (Lipinski definition) is 6. The number of unbranched alkanes of at least 4 members (excludes halogenated alkanes) is 7. The standard InChI is InChI=1S/C29H44O3.C20H26O3/c1-3-4-5-6-7-8-9-10-11-28(31)32-22-13-15-23-21(20-22)12-14-25-24(23)18-19-29(2)26(25)16-17-27(29)30;1-12(21)23-14-4-6-15-13(11-14)3-5-17-16(15)9-10-20(2)18(17)7-8-19(20)22/h13,15,20,24-27,30H,3-12,14,16-19H2,1-2H3;4,6,11,16-19,22H,3,5,7-10H2,1-2H3/t24-,25-,26+,27+,29+;16?,17?,18?,19-,20-/m10/s1. The van der Waals surface area contributed by atoms with E-state index in [0.29, 0.717) is 47.7 Å². The Kier molecular flexibility index (Phi) is 12.8. The van der Waals surface area contributed by atoms with Crippen LogP contribution in [-0.4, -0.2) is 34.4 Å². The molecule has 0 radical (unpaired) electrons. The molecule has 6 aliphatic rings. The van der Waals surface area contributed by atoms with Gasteiger partial charge in [0.05, 0.1) is 12.2 Å². The van der Waals surface area contributed by atoms with Crippen LogP contribution in [0.3, 0.4) is 0 Å². The largest absolute Gasteiger partial charge is 0.427 e. The summed E-state index contributed by atoms with van der Waals surface area (Å²) in [5.41, 5.74) is 5.94. The molecule has 0 heterocycles. The van der Waals surface area contributed by atoms with Crippen molar-refractivity contribution < 1.29 is 29.3 Å². The molecule has 0 saturated heterocycles. The second-order valence-electron chi connectivity index (χ2n) is 19.1. The molecule has 302 valence electrons. The number of ether oxygens (including phenoxy) is 2. The van der Waals surface area contributed by atoms with Crippen molar-refractivity contribution in [3.05, 3.63) is 58.7 Å². The van der Waals surface area contributed by atoms with Gasteiger partial charge in [-0.2, -0.15) is 0 Å². The van der Waals surface area contributed by atoms with Gasteiger partial charge in [-0.3, -0.25) is 9.59 Å². The minimum atomic E-state index is -0.257. The molecule has 3 unspecified atom stereocenters. The van der Waals surface area contributed by atoms with E-state index in [-0.39, 0.29) is 35.0 Å². The Morgan fingerprint density at radius 1 is 0.636 bits per heavy atom. The number of rotatable bonds is 11. The summed E-state index contributed by atoms with van der Waals surface area (Å²) in [5, 5.41) is 21.0. The molecule has 6 aliphatic carbocycles. The minimum absolute atomic E-state index is 0.0852. The first-order chi connectivity index (χ1) is 26.5. The molecule has 2 aromatic rings. The molecular formula is C49H70O6. The summed E-state index contributed by atoms with van der Waals surface area (Å²) in [4.78, 5) is 23.5. The van der Waals surface area contributed by atoms with Crippen molar-refractivity contribution in [2.45, 2.75) is 187 Å². The third kappa shape index (κ3) is 8.47. The predicted molar refractivity (Wildman–Crippen MR) is 218 cm³/mol. The van der Waals surface area contributed by atoms with E-state index < -0.39 is 0 Å². The summed E-state index contributed by atoms with van der Waals surface area (Å²) >= 11 is 0. The first-order valence-electron chi connectivity index (χ1n) is 22.5. The summed E-state index contributed by atoms with van der Waals surface area (Å²) < 4.78 is 10.9. The third-order valence-corrected chi connectivity index (χ3v) is 16.0.